The van der Waals surface area contributed by atoms with E-state index < -0.39 is 0 Å². The molecule has 0 fully saturated rings. The summed E-state index contributed by atoms with van der Waals surface area (Å²) in [5, 5.41) is 2.65. The Labute approximate surface area is 112 Å². The molecule has 0 aliphatic heterocycles. The Kier molecular flexibility index (Phi) is 5.60. The molecule has 1 aromatic carbocycles. The molecule has 0 radical (unpaired) electrons. The van der Waals surface area contributed by atoms with Gasteiger partial charge in [-0.3, -0.25) is 9.59 Å². The molecule has 1 amide bonds. The Morgan fingerprint density at radius 3 is 2.32 bits per heavy atom. The minimum Gasteiger partial charge on any atom is -0.496 e. The van der Waals surface area contributed by atoms with Crippen molar-refractivity contribution in [2.24, 2.45) is 0 Å². The van der Waals surface area contributed by atoms with Crippen molar-refractivity contribution in [3.8, 4) is 11.5 Å². The standard InChI is InChI=1S/C14H17NO4/c1-10(17)15-6-4-5-11-7-14(19-3)12(9-16)8-13(11)18-2/h4-5,7-9H,6H2,1-3H3,(H,15,17). The molecule has 0 aromatic heterocycles. The molecule has 0 aliphatic carbocycles. The molecule has 0 spiro atoms. The summed E-state index contributed by atoms with van der Waals surface area (Å²) < 4.78 is 10.3. The van der Waals surface area contributed by atoms with Crippen LogP contribution in [0.2, 0.25) is 0 Å². The van der Waals surface area contributed by atoms with E-state index in [0.29, 0.717) is 29.9 Å². The first kappa shape index (κ1) is 14.8. The quantitative estimate of drug-likeness (QED) is 0.793. The Morgan fingerprint density at radius 2 is 1.79 bits per heavy atom. The van der Waals surface area contributed by atoms with Crippen molar-refractivity contribution in [2.75, 3.05) is 20.8 Å². The number of amides is 1. The lowest BCUT2D eigenvalue weighted by Crippen LogP contribution is -2.19. The second-order valence-electron chi connectivity index (χ2n) is 3.79. The number of carbonyl (C=O) groups is 2. The molecule has 19 heavy (non-hydrogen) atoms. The van der Waals surface area contributed by atoms with E-state index in [9.17, 15) is 9.59 Å². The SMILES string of the molecule is COc1cc(C=CCNC(C)=O)c(OC)cc1C=O. The van der Waals surface area contributed by atoms with Gasteiger partial charge in [0.1, 0.15) is 11.5 Å². The second kappa shape index (κ2) is 7.20. The zero-order valence-electron chi connectivity index (χ0n) is 11.2. The normalized spacial score (nSPS) is 10.3. The van der Waals surface area contributed by atoms with Gasteiger partial charge in [-0.15, -0.1) is 0 Å². The molecule has 1 rings (SSSR count). The number of methoxy groups -OCH3 is 2. The van der Waals surface area contributed by atoms with Crippen LogP contribution < -0.4 is 14.8 Å². The van der Waals surface area contributed by atoms with E-state index in [1.165, 1.54) is 21.1 Å². The van der Waals surface area contributed by atoms with Gasteiger partial charge >= 0.3 is 0 Å². The summed E-state index contributed by atoms with van der Waals surface area (Å²) in [6.07, 6.45) is 4.30. The molecule has 102 valence electrons. The average molecular weight is 263 g/mol. The van der Waals surface area contributed by atoms with Crippen LogP contribution in [0.4, 0.5) is 0 Å². The van der Waals surface area contributed by atoms with Gasteiger partial charge in [0, 0.05) is 19.0 Å². The number of rotatable bonds is 6. The van der Waals surface area contributed by atoms with E-state index >= 15 is 0 Å². The molecular formula is C14H17NO4. The smallest absolute Gasteiger partial charge is 0.217 e. The molecular weight excluding hydrogens is 246 g/mol. The summed E-state index contributed by atoms with van der Waals surface area (Å²) in [4.78, 5) is 21.6. The molecule has 0 unspecified atom stereocenters. The van der Waals surface area contributed by atoms with Gasteiger partial charge in [0.2, 0.25) is 5.91 Å². The topological polar surface area (TPSA) is 64.6 Å². The molecule has 1 N–H and O–H groups in total. The third-order valence-corrected chi connectivity index (χ3v) is 2.48. The maximum atomic E-state index is 10.9. The Bertz CT molecular complexity index is 494. The Morgan fingerprint density at radius 1 is 1.21 bits per heavy atom. The van der Waals surface area contributed by atoms with E-state index in [0.717, 1.165) is 5.56 Å². The van der Waals surface area contributed by atoms with Crippen LogP contribution in [-0.4, -0.2) is 33.0 Å². The van der Waals surface area contributed by atoms with E-state index in [1.807, 2.05) is 0 Å². The number of nitrogens with one attached hydrogen (secondary N) is 1. The zero-order valence-corrected chi connectivity index (χ0v) is 11.2. The van der Waals surface area contributed by atoms with E-state index in [-0.39, 0.29) is 5.91 Å². The second-order valence-corrected chi connectivity index (χ2v) is 3.79. The average Bonchev–Trinajstić information content (AvgIpc) is 2.42. The monoisotopic (exact) mass is 263 g/mol. The summed E-state index contributed by atoms with van der Waals surface area (Å²) >= 11 is 0. The van der Waals surface area contributed by atoms with Crippen molar-refractivity contribution in [3.05, 3.63) is 29.3 Å². The van der Waals surface area contributed by atoms with Crippen molar-refractivity contribution in [1.82, 2.24) is 5.32 Å². The molecule has 0 heterocycles. The lowest BCUT2D eigenvalue weighted by Gasteiger charge is -2.10. The molecule has 0 bridgehead atoms. The van der Waals surface area contributed by atoms with E-state index in [1.54, 1.807) is 24.3 Å². The molecule has 1 aromatic rings. The van der Waals surface area contributed by atoms with Crippen LogP contribution in [-0.2, 0) is 4.79 Å². The summed E-state index contributed by atoms with van der Waals surface area (Å²) in [5.74, 6) is 0.961. The number of aldehydes is 1. The fourth-order valence-electron chi connectivity index (χ4n) is 1.56. The number of carbonyl (C=O) groups excluding carboxylic acids is 2. The summed E-state index contributed by atoms with van der Waals surface area (Å²) in [6.45, 7) is 1.88. The van der Waals surface area contributed by atoms with Crippen LogP contribution in [0.25, 0.3) is 6.08 Å². The van der Waals surface area contributed by atoms with Gasteiger partial charge in [-0.25, -0.2) is 0 Å². The Balaban J connectivity index is 2.98. The van der Waals surface area contributed by atoms with Crippen molar-refractivity contribution in [1.29, 1.82) is 0 Å². The van der Waals surface area contributed by atoms with Gasteiger partial charge in [0.15, 0.2) is 6.29 Å². The number of hydrogen-bond acceptors (Lipinski definition) is 4. The van der Waals surface area contributed by atoms with Gasteiger partial charge in [0.05, 0.1) is 19.8 Å². The molecule has 0 aliphatic rings. The van der Waals surface area contributed by atoms with E-state index in [4.69, 9.17) is 9.47 Å². The van der Waals surface area contributed by atoms with Crippen molar-refractivity contribution >= 4 is 18.3 Å². The van der Waals surface area contributed by atoms with Gasteiger partial charge < -0.3 is 14.8 Å². The van der Waals surface area contributed by atoms with Crippen LogP contribution in [0.15, 0.2) is 18.2 Å². The van der Waals surface area contributed by atoms with Gasteiger partial charge in [-0.05, 0) is 12.1 Å². The highest BCUT2D eigenvalue weighted by Gasteiger charge is 2.08. The predicted octanol–water partition coefficient (Wildman–Crippen LogP) is 1.67. The van der Waals surface area contributed by atoms with Gasteiger partial charge in [-0.2, -0.15) is 0 Å². The molecule has 0 atom stereocenters. The number of benzene rings is 1. The first-order valence-electron chi connectivity index (χ1n) is 5.74. The molecule has 0 saturated carbocycles. The van der Waals surface area contributed by atoms with Crippen LogP contribution in [0, 0.1) is 0 Å². The Hall–Kier alpha value is -2.30. The zero-order chi connectivity index (χ0) is 14.3. The predicted molar refractivity (Wildman–Crippen MR) is 72.7 cm³/mol. The largest absolute Gasteiger partial charge is 0.496 e. The summed E-state index contributed by atoms with van der Waals surface area (Å²) in [6, 6.07) is 3.33. The van der Waals surface area contributed by atoms with Crippen LogP contribution in [0.1, 0.15) is 22.8 Å². The highest BCUT2D eigenvalue weighted by Crippen LogP contribution is 2.28. The molecule has 5 nitrogen and oxygen atoms in total. The summed E-state index contributed by atoms with van der Waals surface area (Å²) in [7, 11) is 3.03. The minimum absolute atomic E-state index is 0.0921. The van der Waals surface area contributed by atoms with Crippen molar-refractivity contribution in [3.63, 3.8) is 0 Å². The third-order valence-electron chi connectivity index (χ3n) is 2.48. The number of hydrogen-bond donors (Lipinski definition) is 1. The van der Waals surface area contributed by atoms with E-state index in [2.05, 4.69) is 5.32 Å². The lowest BCUT2D eigenvalue weighted by atomic mass is 10.1. The van der Waals surface area contributed by atoms with Crippen LogP contribution in [0.3, 0.4) is 0 Å². The first-order valence-corrected chi connectivity index (χ1v) is 5.74. The minimum atomic E-state index is -0.0921. The fourth-order valence-corrected chi connectivity index (χ4v) is 1.56. The number of ether oxygens (including phenoxy) is 2. The van der Waals surface area contributed by atoms with Gasteiger partial charge in [0.25, 0.3) is 0 Å². The molecule has 0 saturated heterocycles. The highest BCUT2D eigenvalue weighted by atomic mass is 16.5. The first-order chi connectivity index (χ1) is 9.12. The van der Waals surface area contributed by atoms with Gasteiger partial charge in [-0.1, -0.05) is 12.2 Å². The third kappa shape index (κ3) is 4.13. The lowest BCUT2D eigenvalue weighted by molar-refractivity contribution is -0.118. The maximum absolute atomic E-state index is 10.9. The molecule has 5 heteroatoms. The highest BCUT2D eigenvalue weighted by molar-refractivity contribution is 5.82. The fraction of sp³-hybridized carbons (Fsp3) is 0.286. The summed E-state index contributed by atoms with van der Waals surface area (Å²) in [5.41, 5.74) is 1.20. The van der Waals surface area contributed by atoms with Crippen LogP contribution in [0.5, 0.6) is 11.5 Å². The maximum Gasteiger partial charge on any atom is 0.217 e. The van der Waals surface area contributed by atoms with Crippen LogP contribution >= 0.6 is 0 Å². The van der Waals surface area contributed by atoms with Crippen molar-refractivity contribution < 1.29 is 19.1 Å². The van der Waals surface area contributed by atoms with Crippen molar-refractivity contribution in [2.45, 2.75) is 6.92 Å².